The van der Waals surface area contributed by atoms with Crippen LogP contribution in [0.25, 0.3) is 0 Å². The van der Waals surface area contributed by atoms with Gasteiger partial charge in [0, 0.05) is 25.4 Å². The van der Waals surface area contributed by atoms with E-state index in [4.69, 9.17) is 5.11 Å². The summed E-state index contributed by atoms with van der Waals surface area (Å²) in [5, 5.41) is 8.93. The molecule has 0 unspecified atom stereocenters. The van der Waals surface area contributed by atoms with Gasteiger partial charge >= 0.3 is 0 Å². The maximum absolute atomic E-state index is 13.6. The predicted octanol–water partition coefficient (Wildman–Crippen LogP) is 0.701. The van der Waals surface area contributed by atoms with Crippen molar-refractivity contribution < 1.29 is 22.3 Å². The van der Waals surface area contributed by atoms with Crippen LogP contribution >= 0.6 is 0 Å². The summed E-state index contributed by atoms with van der Waals surface area (Å²) in [5.74, 6) is -2.24. The first kappa shape index (κ1) is 15.5. The smallest absolute Gasteiger partial charge is 0.243 e. The third-order valence-electron chi connectivity index (χ3n) is 2.74. The highest BCUT2D eigenvalue weighted by Gasteiger charge is 2.22. The average Bonchev–Trinajstić information content (AvgIpc) is 2.94. The molecule has 0 aliphatic heterocycles. The number of halogens is 2. The Balaban J connectivity index is 2.17. The summed E-state index contributed by atoms with van der Waals surface area (Å²) in [6, 6.07) is 1.64. The van der Waals surface area contributed by atoms with Crippen LogP contribution in [0, 0.1) is 11.6 Å². The second-order valence-electron chi connectivity index (χ2n) is 4.23. The Morgan fingerprint density at radius 2 is 2.10 bits per heavy atom. The lowest BCUT2D eigenvalue weighted by Gasteiger charge is -2.09. The lowest BCUT2D eigenvalue weighted by molar-refractivity contribution is 0.280. The molecule has 0 bridgehead atoms. The molecule has 0 aliphatic rings. The predicted molar refractivity (Wildman–Crippen MR) is 69.8 cm³/mol. The van der Waals surface area contributed by atoms with E-state index in [-0.39, 0.29) is 18.5 Å². The Morgan fingerprint density at radius 3 is 2.71 bits per heavy atom. The zero-order valence-electron chi connectivity index (χ0n) is 10.8. The van der Waals surface area contributed by atoms with Crippen molar-refractivity contribution in [1.29, 1.82) is 0 Å². The zero-order chi connectivity index (χ0) is 15.5. The maximum atomic E-state index is 13.6. The van der Waals surface area contributed by atoms with Crippen molar-refractivity contribution in [3.05, 3.63) is 47.5 Å². The van der Waals surface area contributed by atoms with Crippen molar-refractivity contribution in [2.45, 2.75) is 17.9 Å². The fourth-order valence-electron chi connectivity index (χ4n) is 1.72. The summed E-state index contributed by atoms with van der Waals surface area (Å²) in [6.07, 6.45) is 3.38. The molecule has 0 saturated carbocycles. The normalized spacial score (nSPS) is 11.8. The Labute approximate surface area is 119 Å². The number of sulfonamides is 1. The average molecular weight is 317 g/mol. The fourth-order valence-corrected chi connectivity index (χ4v) is 2.89. The van der Waals surface area contributed by atoms with E-state index in [1.165, 1.54) is 6.20 Å². The minimum atomic E-state index is -4.22. The fraction of sp³-hybridized carbons (Fsp3) is 0.250. The topological polar surface area (TPSA) is 95.1 Å². The van der Waals surface area contributed by atoms with Gasteiger partial charge in [0.25, 0.3) is 0 Å². The molecule has 1 aromatic carbocycles. The minimum Gasteiger partial charge on any atom is -0.392 e. The molecular formula is C12H13F2N3O3S. The Hall–Kier alpha value is -1.84. The molecule has 0 amide bonds. The number of nitrogens with zero attached hydrogens (tertiary/aromatic N) is 1. The van der Waals surface area contributed by atoms with Gasteiger partial charge in [0.15, 0.2) is 11.6 Å². The number of H-pyrrole nitrogens is 1. The van der Waals surface area contributed by atoms with Crippen LogP contribution in [-0.2, 0) is 23.1 Å². The number of aliphatic hydroxyl groups is 1. The molecule has 1 heterocycles. The number of rotatable bonds is 6. The van der Waals surface area contributed by atoms with Crippen LogP contribution in [0.1, 0.15) is 11.4 Å². The van der Waals surface area contributed by atoms with E-state index < -0.39 is 33.2 Å². The molecule has 6 nitrogen and oxygen atoms in total. The van der Waals surface area contributed by atoms with Crippen LogP contribution in [0.3, 0.4) is 0 Å². The van der Waals surface area contributed by atoms with Crippen LogP contribution in [0.2, 0.25) is 0 Å². The second kappa shape index (κ2) is 6.29. The van der Waals surface area contributed by atoms with Gasteiger partial charge < -0.3 is 10.1 Å². The zero-order valence-corrected chi connectivity index (χ0v) is 11.6. The second-order valence-corrected chi connectivity index (χ2v) is 5.97. The molecule has 2 aromatic rings. The molecule has 0 spiro atoms. The molecule has 3 N–H and O–H groups in total. The molecule has 0 radical (unpaired) electrons. The van der Waals surface area contributed by atoms with Crippen LogP contribution in [0.5, 0.6) is 0 Å². The van der Waals surface area contributed by atoms with E-state index in [0.29, 0.717) is 5.82 Å². The lowest BCUT2D eigenvalue weighted by Crippen LogP contribution is -2.27. The van der Waals surface area contributed by atoms with E-state index in [9.17, 15) is 17.2 Å². The van der Waals surface area contributed by atoms with Crippen LogP contribution in [-0.4, -0.2) is 30.0 Å². The Morgan fingerprint density at radius 1 is 1.33 bits per heavy atom. The number of aromatic nitrogens is 2. The van der Waals surface area contributed by atoms with Crippen molar-refractivity contribution in [1.82, 2.24) is 14.7 Å². The number of benzene rings is 1. The number of hydrogen-bond acceptors (Lipinski definition) is 4. The van der Waals surface area contributed by atoms with Gasteiger partial charge in [-0.25, -0.2) is 26.9 Å². The Bertz CT molecular complexity index is 718. The molecule has 0 aliphatic carbocycles. The third kappa shape index (κ3) is 3.63. The number of nitrogens with one attached hydrogen (secondary N) is 2. The molecule has 2 rings (SSSR count). The summed E-state index contributed by atoms with van der Waals surface area (Å²) < 4.78 is 53.0. The van der Waals surface area contributed by atoms with E-state index >= 15 is 0 Å². The molecule has 114 valence electrons. The van der Waals surface area contributed by atoms with E-state index in [2.05, 4.69) is 14.7 Å². The monoisotopic (exact) mass is 317 g/mol. The molecule has 0 atom stereocenters. The van der Waals surface area contributed by atoms with Gasteiger partial charge in [-0.15, -0.1) is 0 Å². The minimum absolute atomic E-state index is 0.0275. The van der Waals surface area contributed by atoms with E-state index in [0.717, 1.165) is 12.1 Å². The molecule has 9 heteroatoms. The third-order valence-corrected chi connectivity index (χ3v) is 4.20. The summed E-state index contributed by atoms with van der Waals surface area (Å²) >= 11 is 0. The molecule has 0 fully saturated rings. The SMILES string of the molecule is O=S(=O)(NCCc1ncc[nH]1)c1cc(CO)cc(F)c1F. The Kier molecular flexibility index (Phi) is 4.66. The van der Waals surface area contributed by atoms with Gasteiger partial charge in [0.05, 0.1) is 6.61 Å². The van der Waals surface area contributed by atoms with E-state index in [1.54, 1.807) is 6.20 Å². The lowest BCUT2D eigenvalue weighted by atomic mass is 10.2. The molecule has 0 saturated heterocycles. The van der Waals surface area contributed by atoms with Crippen LogP contribution in [0.15, 0.2) is 29.4 Å². The van der Waals surface area contributed by atoms with Gasteiger partial charge in [-0.3, -0.25) is 0 Å². The highest BCUT2D eigenvalue weighted by molar-refractivity contribution is 7.89. The summed E-state index contributed by atoms with van der Waals surface area (Å²) in [4.78, 5) is 5.87. The number of aromatic amines is 1. The van der Waals surface area contributed by atoms with E-state index in [1.807, 2.05) is 0 Å². The number of aliphatic hydroxyl groups excluding tert-OH is 1. The largest absolute Gasteiger partial charge is 0.392 e. The standard InChI is InChI=1S/C12H13F2N3O3S/c13-9-5-8(7-18)6-10(12(9)14)21(19,20)17-2-1-11-15-3-4-16-11/h3-6,17-18H,1-2,7H2,(H,15,16). The maximum Gasteiger partial charge on any atom is 0.243 e. The van der Waals surface area contributed by atoms with Gasteiger partial charge in [0.2, 0.25) is 10.0 Å². The van der Waals surface area contributed by atoms with Crippen LogP contribution < -0.4 is 4.72 Å². The van der Waals surface area contributed by atoms with Gasteiger partial charge in [0.1, 0.15) is 10.7 Å². The first-order valence-electron chi connectivity index (χ1n) is 6.00. The quantitative estimate of drug-likeness (QED) is 0.731. The van der Waals surface area contributed by atoms with Crippen molar-refractivity contribution in [3.63, 3.8) is 0 Å². The summed E-state index contributed by atoms with van der Waals surface area (Å²) in [6.45, 7) is -0.619. The summed E-state index contributed by atoms with van der Waals surface area (Å²) in [7, 11) is -4.22. The van der Waals surface area contributed by atoms with Gasteiger partial charge in [-0.2, -0.15) is 0 Å². The molecule has 21 heavy (non-hydrogen) atoms. The van der Waals surface area contributed by atoms with Gasteiger partial charge in [-0.05, 0) is 17.7 Å². The van der Waals surface area contributed by atoms with Crippen molar-refractivity contribution >= 4 is 10.0 Å². The number of hydrogen-bond donors (Lipinski definition) is 3. The van der Waals surface area contributed by atoms with Crippen molar-refractivity contribution in [2.75, 3.05) is 6.54 Å². The van der Waals surface area contributed by atoms with Gasteiger partial charge in [-0.1, -0.05) is 0 Å². The highest BCUT2D eigenvalue weighted by atomic mass is 32.2. The highest BCUT2D eigenvalue weighted by Crippen LogP contribution is 2.19. The summed E-state index contributed by atoms with van der Waals surface area (Å²) in [5.41, 5.74) is -0.0275. The number of imidazole rings is 1. The first-order chi connectivity index (χ1) is 9.94. The van der Waals surface area contributed by atoms with Crippen LogP contribution in [0.4, 0.5) is 8.78 Å². The molecular weight excluding hydrogens is 304 g/mol. The van der Waals surface area contributed by atoms with Crippen molar-refractivity contribution in [3.8, 4) is 0 Å². The van der Waals surface area contributed by atoms with Crippen molar-refractivity contribution in [2.24, 2.45) is 0 Å². The molecule has 1 aromatic heterocycles. The first-order valence-corrected chi connectivity index (χ1v) is 7.49.